The monoisotopic (exact) mass is 189 g/mol. The second-order valence-electron chi connectivity index (χ2n) is 3.32. The highest BCUT2D eigenvalue weighted by Crippen LogP contribution is 2.19. The zero-order valence-corrected chi connectivity index (χ0v) is 8.57. The van der Waals surface area contributed by atoms with Crippen LogP contribution < -0.4 is 10.6 Å². The van der Waals surface area contributed by atoms with Gasteiger partial charge < -0.3 is 10.6 Å². The molecule has 1 rings (SSSR count). The van der Waals surface area contributed by atoms with Gasteiger partial charge in [-0.3, -0.25) is 0 Å². The smallest absolute Gasteiger partial charge is 0.101 e. The molecular formula is C11H15N3. The molecule has 14 heavy (non-hydrogen) atoms. The van der Waals surface area contributed by atoms with Crippen molar-refractivity contribution < 1.29 is 0 Å². The molecule has 1 atom stereocenters. The van der Waals surface area contributed by atoms with Crippen LogP contribution in [0.2, 0.25) is 0 Å². The highest BCUT2D eigenvalue weighted by Gasteiger charge is 2.10. The molecule has 2 N–H and O–H groups in total. The molecule has 3 heteroatoms. The number of likely N-dealkylation sites (N-methyl/N-ethyl adjacent to an activating group) is 1. The van der Waals surface area contributed by atoms with E-state index in [0.717, 1.165) is 5.69 Å². The Bertz CT molecular complexity index is 341. The topological polar surface area (TPSA) is 53.0 Å². The third-order valence-electron chi connectivity index (χ3n) is 2.41. The molecule has 0 aliphatic heterocycles. The van der Waals surface area contributed by atoms with Gasteiger partial charge in [-0.15, -0.1) is 0 Å². The van der Waals surface area contributed by atoms with Crippen LogP contribution in [0.15, 0.2) is 24.3 Å². The minimum atomic E-state index is 0.240. The summed E-state index contributed by atoms with van der Waals surface area (Å²) in [5.74, 6) is 0. The molecule has 0 aliphatic rings. The first-order valence-electron chi connectivity index (χ1n) is 4.62. The Morgan fingerprint density at radius 3 is 2.71 bits per heavy atom. The molecule has 0 bridgehead atoms. The van der Waals surface area contributed by atoms with Gasteiger partial charge in [-0.2, -0.15) is 5.26 Å². The number of benzene rings is 1. The quantitative estimate of drug-likeness (QED) is 0.780. The van der Waals surface area contributed by atoms with E-state index in [2.05, 4.69) is 6.07 Å². The number of rotatable bonds is 3. The average molecular weight is 189 g/mol. The van der Waals surface area contributed by atoms with Gasteiger partial charge in [-0.1, -0.05) is 12.1 Å². The lowest BCUT2D eigenvalue weighted by Gasteiger charge is -2.26. The van der Waals surface area contributed by atoms with Crippen LogP contribution in [-0.2, 0) is 0 Å². The van der Waals surface area contributed by atoms with Crippen LogP contribution in [0.1, 0.15) is 12.5 Å². The number of anilines is 1. The van der Waals surface area contributed by atoms with E-state index in [0.29, 0.717) is 12.1 Å². The second kappa shape index (κ2) is 4.64. The van der Waals surface area contributed by atoms with Crippen molar-refractivity contribution in [3.8, 4) is 6.07 Å². The first-order valence-corrected chi connectivity index (χ1v) is 4.62. The van der Waals surface area contributed by atoms with E-state index in [4.69, 9.17) is 11.0 Å². The number of nitriles is 1. The summed E-state index contributed by atoms with van der Waals surface area (Å²) >= 11 is 0. The lowest BCUT2D eigenvalue weighted by Crippen LogP contribution is -2.35. The highest BCUT2D eigenvalue weighted by atomic mass is 15.1. The minimum Gasteiger partial charge on any atom is -0.370 e. The van der Waals surface area contributed by atoms with Crippen molar-refractivity contribution in [2.75, 3.05) is 18.5 Å². The van der Waals surface area contributed by atoms with Gasteiger partial charge in [0.25, 0.3) is 0 Å². The molecule has 0 heterocycles. The van der Waals surface area contributed by atoms with Crippen molar-refractivity contribution in [1.82, 2.24) is 0 Å². The van der Waals surface area contributed by atoms with Gasteiger partial charge in [0.05, 0.1) is 11.3 Å². The molecule has 0 fully saturated rings. The fourth-order valence-electron chi connectivity index (χ4n) is 1.27. The molecule has 0 aliphatic carbocycles. The third kappa shape index (κ3) is 2.04. The maximum Gasteiger partial charge on any atom is 0.101 e. The Balaban J connectivity index is 3.01. The predicted molar refractivity (Wildman–Crippen MR) is 58.1 cm³/mol. The van der Waals surface area contributed by atoms with Gasteiger partial charge in [-0.25, -0.2) is 0 Å². The standard InChI is InChI=1S/C11H15N3/c1-9(7-12)14(2)11-6-4-3-5-10(11)8-13/h3-6,9H,7,12H2,1-2H3. The lowest BCUT2D eigenvalue weighted by molar-refractivity contribution is 0.695. The van der Waals surface area contributed by atoms with E-state index in [9.17, 15) is 0 Å². The van der Waals surface area contributed by atoms with E-state index in [1.165, 1.54) is 0 Å². The van der Waals surface area contributed by atoms with E-state index in [-0.39, 0.29) is 6.04 Å². The summed E-state index contributed by atoms with van der Waals surface area (Å²) in [4.78, 5) is 2.03. The molecule has 1 unspecified atom stereocenters. The molecule has 1 aromatic rings. The van der Waals surface area contributed by atoms with Crippen molar-refractivity contribution in [1.29, 1.82) is 5.26 Å². The zero-order valence-electron chi connectivity index (χ0n) is 8.57. The summed E-state index contributed by atoms with van der Waals surface area (Å²) < 4.78 is 0. The normalized spacial score (nSPS) is 11.9. The number of nitrogens with zero attached hydrogens (tertiary/aromatic N) is 2. The summed E-state index contributed by atoms with van der Waals surface area (Å²) in [6.45, 7) is 2.62. The highest BCUT2D eigenvalue weighted by molar-refractivity contribution is 5.59. The molecule has 0 spiro atoms. The molecule has 0 saturated carbocycles. The fraction of sp³-hybridized carbons (Fsp3) is 0.364. The van der Waals surface area contributed by atoms with Crippen molar-refractivity contribution in [2.24, 2.45) is 5.73 Å². The summed E-state index contributed by atoms with van der Waals surface area (Å²) in [5.41, 5.74) is 7.21. The second-order valence-corrected chi connectivity index (χ2v) is 3.32. The van der Waals surface area contributed by atoms with E-state index in [1.54, 1.807) is 0 Å². The Morgan fingerprint density at radius 2 is 2.14 bits per heavy atom. The van der Waals surface area contributed by atoms with Crippen LogP contribution in [0, 0.1) is 11.3 Å². The third-order valence-corrected chi connectivity index (χ3v) is 2.41. The van der Waals surface area contributed by atoms with Gasteiger partial charge in [-0.05, 0) is 19.1 Å². The van der Waals surface area contributed by atoms with Gasteiger partial charge in [0.2, 0.25) is 0 Å². The van der Waals surface area contributed by atoms with Crippen LogP contribution in [-0.4, -0.2) is 19.6 Å². The van der Waals surface area contributed by atoms with Crippen LogP contribution in [0.25, 0.3) is 0 Å². The van der Waals surface area contributed by atoms with Crippen LogP contribution in [0.5, 0.6) is 0 Å². The first-order chi connectivity index (χ1) is 6.70. The van der Waals surface area contributed by atoms with Crippen molar-refractivity contribution in [3.05, 3.63) is 29.8 Å². The number of para-hydroxylation sites is 1. The Morgan fingerprint density at radius 1 is 1.50 bits per heavy atom. The zero-order chi connectivity index (χ0) is 10.6. The predicted octanol–water partition coefficient (Wildman–Crippen LogP) is 1.34. The van der Waals surface area contributed by atoms with Gasteiger partial charge >= 0.3 is 0 Å². The maximum atomic E-state index is 8.91. The van der Waals surface area contributed by atoms with Crippen molar-refractivity contribution in [2.45, 2.75) is 13.0 Å². The van der Waals surface area contributed by atoms with Gasteiger partial charge in [0, 0.05) is 19.6 Å². The molecule has 0 saturated heterocycles. The maximum absolute atomic E-state index is 8.91. The number of hydrogen-bond donors (Lipinski definition) is 1. The van der Waals surface area contributed by atoms with E-state index in [1.807, 2.05) is 43.1 Å². The minimum absolute atomic E-state index is 0.240. The van der Waals surface area contributed by atoms with Crippen LogP contribution >= 0.6 is 0 Å². The lowest BCUT2D eigenvalue weighted by atomic mass is 10.1. The molecule has 0 aromatic heterocycles. The Hall–Kier alpha value is -1.53. The summed E-state index contributed by atoms with van der Waals surface area (Å²) in [7, 11) is 1.95. The van der Waals surface area contributed by atoms with Crippen LogP contribution in [0.4, 0.5) is 5.69 Å². The summed E-state index contributed by atoms with van der Waals surface area (Å²) in [5, 5.41) is 8.91. The average Bonchev–Trinajstić information content (AvgIpc) is 2.26. The molecule has 0 radical (unpaired) electrons. The summed E-state index contributed by atoms with van der Waals surface area (Å²) in [6, 6.07) is 9.95. The van der Waals surface area contributed by atoms with E-state index >= 15 is 0 Å². The molecule has 1 aromatic carbocycles. The molecule has 0 amide bonds. The Labute approximate surface area is 84.7 Å². The first kappa shape index (κ1) is 10.6. The largest absolute Gasteiger partial charge is 0.370 e. The van der Waals surface area contributed by atoms with Crippen LogP contribution in [0.3, 0.4) is 0 Å². The van der Waals surface area contributed by atoms with E-state index < -0.39 is 0 Å². The number of hydrogen-bond acceptors (Lipinski definition) is 3. The van der Waals surface area contributed by atoms with Gasteiger partial charge in [0.1, 0.15) is 6.07 Å². The fourth-order valence-corrected chi connectivity index (χ4v) is 1.27. The Kier molecular flexibility index (Phi) is 3.49. The SMILES string of the molecule is CC(CN)N(C)c1ccccc1C#N. The molecule has 74 valence electrons. The van der Waals surface area contributed by atoms with Crippen molar-refractivity contribution >= 4 is 5.69 Å². The van der Waals surface area contributed by atoms with Crippen molar-refractivity contribution in [3.63, 3.8) is 0 Å². The molecular weight excluding hydrogens is 174 g/mol. The van der Waals surface area contributed by atoms with Gasteiger partial charge in [0.15, 0.2) is 0 Å². The molecule has 3 nitrogen and oxygen atoms in total. The number of nitrogens with two attached hydrogens (primary N) is 1. The summed E-state index contributed by atoms with van der Waals surface area (Å²) in [6.07, 6.45) is 0.